The summed E-state index contributed by atoms with van der Waals surface area (Å²) in [7, 11) is -16.4. The fraction of sp³-hybridized carbons (Fsp3) is 0.280. The van der Waals surface area contributed by atoms with Gasteiger partial charge in [0.05, 0.1) is 42.3 Å². The molecule has 0 spiro atoms. The molecule has 0 aromatic heterocycles. The lowest BCUT2D eigenvalue weighted by Gasteiger charge is -2.29. The highest BCUT2D eigenvalue weighted by Gasteiger charge is 2.30. The summed E-state index contributed by atoms with van der Waals surface area (Å²) in [6, 6.07) is 39.2. The van der Waals surface area contributed by atoms with Gasteiger partial charge >= 0.3 is 0 Å². The smallest absolute Gasteiger partial charge is 0.264 e. The third kappa shape index (κ3) is 10.6. The molecule has 4 aliphatic heterocycles. The molecule has 6 aromatic rings. The number of anilines is 4. The molecule has 0 saturated carbocycles. The largest absolute Gasteiger partial charge is 0.266 e. The third-order valence-electron chi connectivity index (χ3n) is 11.7. The molecule has 4 aliphatic rings. The molecule has 0 fully saturated rings. The average molecular weight is 969 g/mol. The lowest BCUT2D eigenvalue weighted by atomic mass is 10.2. The zero-order valence-electron chi connectivity index (χ0n) is 37.6. The van der Waals surface area contributed by atoms with Crippen LogP contribution in [0.2, 0.25) is 0 Å². The van der Waals surface area contributed by atoms with Crippen molar-refractivity contribution in [2.24, 2.45) is 0 Å². The van der Waals surface area contributed by atoms with Crippen molar-refractivity contribution in [1.29, 1.82) is 0 Å². The molecule has 4 heterocycles. The van der Waals surface area contributed by atoms with Crippen molar-refractivity contribution in [2.45, 2.75) is 85.8 Å². The molecule has 0 radical (unpaired) electrons. The van der Waals surface area contributed by atoms with Gasteiger partial charge in [-0.25, -0.2) is 33.7 Å². The Morgan fingerprint density at radius 3 is 0.591 bits per heavy atom. The molecule has 0 N–H and O–H groups in total. The highest BCUT2D eigenvalue weighted by atomic mass is 32.2. The topological polar surface area (TPSA) is 150 Å². The third-order valence-corrected chi connectivity index (χ3v) is 19.1. The van der Waals surface area contributed by atoms with Gasteiger partial charge in [0.1, 0.15) is 0 Å². The Morgan fingerprint density at radius 1 is 0.258 bits per heavy atom. The first-order valence-corrected chi connectivity index (χ1v) is 27.7. The van der Waals surface area contributed by atoms with Gasteiger partial charge in [-0.3, -0.25) is 17.2 Å². The second-order valence-electron chi connectivity index (χ2n) is 16.7. The second-order valence-corrected chi connectivity index (χ2v) is 24.2. The summed E-state index contributed by atoms with van der Waals surface area (Å²) in [5.41, 5.74) is 4.95. The lowest BCUT2D eigenvalue weighted by Crippen LogP contribution is -2.34. The summed E-state index contributed by atoms with van der Waals surface area (Å²) in [5, 5.41) is 0. The zero-order chi connectivity index (χ0) is 47.3. The van der Waals surface area contributed by atoms with Crippen molar-refractivity contribution in [1.82, 2.24) is 0 Å². The molecule has 6 aromatic carbocycles. The van der Waals surface area contributed by atoms with Crippen LogP contribution in [-0.4, -0.2) is 59.9 Å². The van der Waals surface area contributed by atoms with E-state index in [4.69, 9.17) is 0 Å². The van der Waals surface area contributed by atoms with Crippen LogP contribution >= 0.6 is 0 Å². The Hall–Kier alpha value is -5.68. The Kier molecular flexibility index (Phi) is 14.7. The number of nitrogens with zero attached hydrogens (tertiary/aromatic N) is 4. The normalized spacial score (nSPS) is 15.3. The maximum absolute atomic E-state index is 14.4. The molecule has 4 bridgehead atoms. The van der Waals surface area contributed by atoms with Crippen LogP contribution < -0.4 is 17.2 Å². The van der Waals surface area contributed by atoms with Crippen LogP contribution in [0.15, 0.2) is 165 Å². The van der Waals surface area contributed by atoms with Crippen LogP contribution in [0.5, 0.6) is 0 Å². The minimum Gasteiger partial charge on any atom is -0.266 e. The second kappa shape index (κ2) is 20.0. The first-order chi connectivity index (χ1) is 31.4. The van der Waals surface area contributed by atoms with Crippen LogP contribution in [0, 0.1) is 27.7 Å². The van der Waals surface area contributed by atoms with Crippen LogP contribution in [0.4, 0.5) is 22.7 Å². The predicted octanol–water partition coefficient (Wildman–Crippen LogP) is 9.76. The Morgan fingerprint density at radius 2 is 0.424 bits per heavy atom. The maximum Gasteiger partial charge on any atom is 0.264 e. The summed E-state index contributed by atoms with van der Waals surface area (Å²) in [4.78, 5) is 0.412. The number of hydrogen-bond acceptors (Lipinski definition) is 8. The van der Waals surface area contributed by atoms with E-state index in [0.29, 0.717) is 61.3 Å². The number of hydrogen-bond donors (Lipinski definition) is 0. The minimum atomic E-state index is -4.09. The quantitative estimate of drug-likeness (QED) is 0.146. The maximum atomic E-state index is 14.4. The molecule has 0 unspecified atom stereocenters. The van der Waals surface area contributed by atoms with Gasteiger partial charge in [0, 0.05) is 26.2 Å². The Balaban J connectivity index is 1.28. The fourth-order valence-corrected chi connectivity index (χ4v) is 13.9. The molecule has 348 valence electrons. The van der Waals surface area contributed by atoms with Crippen molar-refractivity contribution in [2.75, 3.05) is 43.4 Å². The van der Waals surface area contributed by atoms with Crippen molar-refractivity contribution in [3.63, 3.8) is 0 Å². The predicted molar refractivity (Wildman–Crippen MR) is 263 cm³/mol. The van der Waals surface area contributed by atoms with E-state index in [9.17, 15) is 33.7 Å². The SMILES string of the molecule is Cc1ccc(S(=O)(=O)N2CCCCCN(S(=O)(=O)c3ccc(C)cc3)c3ccc(cc3)N(S(=O)(=O)c3ccc(C)cc3)CCCCCN(S(=O)(=O)c3ccc(C)cc3)c3ccc2cc3)cc1. The molecule has 16 heteroatoms. The molecule has 12 nitrogen and oxygen atoms in total. The van der Waals surface area contributed by atoms with Crippen molar-refractivity contribution in [3.05, 3.63) is 168 Å². The summed E-state index contributed by atoms with van der Waals surface area (Å²) in [5.74, 6) is 0. The van der Waals surface area contributed by atoms with E-state index in [2.05, 4.69) is 0 Å². The van der Waals surface area contributed by atoms with Gasteiger partial charge in [0.15, 0.2) is 0 Å². The fourth-order valence-electron chi connectivity index (χ4n) is 7.85. The zero-order valence-corrected chi connectivity index (χ0v) is 40.9. The van der Waals surface area contributed by atoms with Gasteiger partial charge in [-0.1, -0.05) is 70.8 Å². The first kappa shape index (κ1) is 48.3. The first-order valence-electron chi connectivity index (χ1n) is 22.0. The van der Waals surface area contributed by atoms with Crippen molar-refractivity contribution < 1.29 is 33.7 Å². The summed E-state index contributed by atoms with van der Waals surface area (Å²) >= 11 is 0. The molecule has 0 aliphatic carbocycles. The van der Waals surface area contributed by atoms with E-state index in [0.717, 1.165) is 22.3 Å². The van der Waals surface area contributed by atoms with Crippen LogP contribution in [-0.2, 0) is 40.1 Å². The molecule has 0 atom stereocenters. The van der Waals surface area contributed by atoms with E-state index < -0.39 is 40.1 Å². The van der Waals surface area contributed by atoms with Crippen LogP contribution in [0.25, 0.3) is 0 Å². The monoisotopic (exact) mass is 968 g/mol. The van der Waals surface area contributed by atoms with E-state index in [1.807, 2.05) is 27.7 Å². The van der Waals surface area contributed by atoms with Gasteiger partial charge in [0.25, 0.3) is 40.1 Å². The standard InChI is InChI=1S/C50H56N4O8S4/c1-39-11-27-47(28-12-39)63(55,56)51-35-7-5-8-36-53(65(59,60)49-31-15-41(3)16-32-49)45-23-25-46(26-24-45)54(66(61,62)50-33-17-42(4)18-34-50)38-10-6-9-37-52(44-21-19-43(51)20-22-44)64(57,58)48-29-13-40(2)14-30-48/h11-34H,5-10,35-38H2,1-4H3. The minimum absolute atomic E-state index is 0.0611. The summed E-state index contributed by atoms with van der Waals surface area (Å²) < 4.78 is 120. The molecule has 66 heavy (non-hydrogen) atoms. The van der Waals surface area contributed by atoms with E-state index in [1.165, 1.54) is 17.2 Å². The highest BCUT2D eigenvalue weighted by molar-refractivity contribution is 7.93. The molecular formula is C50H56N4O8S4. The molecular weight excluding hydrogens is 913 g/mol. The Bertz CT molecular complexity index is 2640. The van der Waals surface area contributed by atoms with Gasteiger partial charge < -0.3 is 0 Å². The van der Waals surface area contributed by atoms with Gasteiger partial charge in [-0.15, -0.1) is 0 Å². The number of aryl methyl sites for hydroxylation is 4. The summed E-state index contributed by atoms with van der Waals surface area (Å²) in [6.45, 7) is 7.74. The number of benzene rings is 6. The highest BCUT2D eigenvalue weighted by Crippen LogP contribution is 2.33. The van der Waals surface area contributed by atoms with Crippen LogP contribution in [0.3, 0.4) is 0 Å². The molecule has 10 rings (SSSR count). The van der Waals surface area contributed by atoms with Crippen LogP contribution in [0.1, 0.15) is 60.8 Å². The molecule has 0 amide bonds. The summed E-state index contributed by atoms with van der Waals surface area (Å²) in [6.07, 6.45) is 2.35. The average Bonchev–Trinajstić information content (AvgIpc) is 3.29. The van der Waals surface area contributed by atoms with Crippen molar-refractivity contribution in [3.8, 4) is 0 Å². The number of sulfonamides is 4. The lowest BCUT2D eigenvalue weighted by molar-refractivity contribution is 0.580. The Labute approximate surface area is 391 Å². The van der Waals surface area contributed by atoms with E-state index in [1.54, 1.807) is 146 Å². The van der Waals surface area contributed by atoms with Gasteiger partial charge in [-0.2, -0.15) is 0 Å². The van der Waals surface area contributed by atoms with Crippen molar-refractivity contribution >= 4 is 62.8 Å². The van der Waals surface area contributed by atoms with E-state index >= 15 is 0 Å². The van der Waals surface area contributed by atoms with Gasteiger partial charge in [0.2, 0.25) is 0 Å². The molecule has 0 saturated heterocycles. The number of rotatable bonds is 8. The van der Waals surface area contributed by atoms with E-state index in [-0.39, 0.29) is 45.8 Å². The van der Waals surface area contributed by atoms with Gasteiger partial charge in [-0.05, 0) is 163 Å².